The molecule has 0 aliphatic carbocycles. The first-order valence-electron chi connectivity index (χ1n) is 8.98. The van der Waals surface area contributed by atoms with E-state index in [1.807, 2.05) is 35.2 Å². The molecule has 1 saturated heterocycles. The summed E-state index contributed by atoms with van der Waals surface area (Å²) in [6, 6.07) is 12.5. The first-order chi connectivity index (χ1) is 13.0. The highest BCUT2D eigenvalue weighted by atomic mass is 16.4. The number of likely N-dealkylation sites (tertiary alicyclic amines) is 1. The van der Waals surface area contributed by atoms with Gasteiger partial charge in [0.05, 0.1) is 0 Å². The Labute approximate surface area is 157 Å². The zero-order valence-electron chi connectivity index (χ0n) is 14.9. The van der Waals surface area contributed by atoms with E-state index < -0.39 is 11.9 Å². The van der Waals surface area contributed by atoms with Crippen LogP contribution in [0.4, 0.5) is 0 Å². The van der Waals surface area contributed by atoms with E-state index >= 15 is 0 Å². The average molecular weight is 370 g/mol. The number of carbonyl (C=O) groups excluding carboxylic acids is 2. The highest BCUT2D eigenvalue weighted by Gasteiger charge is 2.25. The third-order valence-electron chi connectivity index (χ3n) is 4.69. The fraction of sp³-hybridized carbons (Fsp3) is 0.350. The van der Waals surface area contributed by atoms with Gasteiger partial charge in [-0.15, -0.1) is 0 Å². The van der Waals surface area contributed by atoms with Gasteiger partial charge in [-0.1, -0.05) is 30.3 Å². The second-order valence-electron chi connectivity index (χ2n) is 6.58. The predicted molar refractivity (Wildman–Crippen MR) is 97.5 cm³/mol. The lowest BCUT2D eigenvalue weighted by Gasteiger charge is -2.32. The van der Waals surface area contributed by atoms with Gasteiger partial charge >= 0.3 is 5.97 Å². The minimum Gasteiger partial charge on any atom is -0.475 e. The van der Waals surface area contributed by atoms with Crippen molar-refractivity contribution < 1.29 is 23.9 Å². The number of aryl methyl sites for hydroxylation is 1. The summed E-state index contributed by atoms with van der Waals surface area (Å²) in [4.78, 5) is 37.1. The van der Waals surface area contributed by atoms with Crippen molar-refractivity contribution >= 4 is 17.8 Å². The number of nitrogens with one attached hydrogen (secondary N) is 1. The second kappa shape index (κ2) is 8.53. The minimum atomic E-state index is -1.21. The van der Waals surface area contributed by atoms with Crippen LogP contribution >= 0.6 is 0 Å². The van der Waals surface area contributed by atoms with Crippen LogP contribution in [0.25, 0.3) is 0 Å². The summed E-state index contributed by atoms with van der Waals surface area (Å²) in [5.74, 6) is -1.80. The molecule has 2 heterocycles. The van der Waals surface area contributed by atoms with Gasteiger partial charge < -0.3 is 19.7 Å². The molecule has 7 heteroatoms. The molecule has 0 radical (unpaired) electrons. The highest BCUT2D eigenvalue weighted by molar-refractivity contribution is 5.93. The molecular formula is C20H22N2O5. The summed E-state index contributed by atoms with van der Waals surface area (Å²) in [7, 11) is 0. The zero-order valence-corrected chi connectivity index (χ0v) is 14.9. The van der Waals surface area contributed by atoms with Gasteiger partial charge in [0.15, 0.2) is 5.76 Å². The molecule has 1 fully saturated rings. The van der Waals surface area contributed by atoms with E-state index in [1.165, 1.54) is 12.1 Å². The first-order valence-corrected chi connectivity index (χ1v) is 8.98. The molecule has 0 atom stereocenters. The molecule has 0 unspecified atom stereocenters. The maximum Gasteiger partial charge on any atom is 0.371 e. The van der Waals surface area contributed by atoms with Crippen LogP contribution in [0.1, 0.15) is 45.9 Å². The van der Waals surface area contributed by atoms with Gasteiger partial charge in [0.2, 0.25) is 11.7 Å². The van der Waals surface area contributed by atoms with Gasteiger partial charge in [-0.05, 0) is 37.0 Å². The Morgan fingerprint density at radius 2 is 1.70 bits per heavy atom. The lowest BCUT2D eigenvalue weighted by molar-refractivity contribution is -0.132. The third kappa shape index (κ3) is 4.97. The summed E-state index contributed by atoms with van der Waals surface area (Å²) >= 11 is 0. The molecule has 2 amide bonds. The number of amides is 2. The molecule has 7 nitrogen and oxygen atoms in total. The topological polar surface area (TPSA) is 99.8 Å². The number of carboxylic acids is 1. The summed E-state index contributed by atoms with van der Waals surface area (Å²) in [6.07, 6.45) is 2.52. The van der Waals surface area contributed by atoms with Gasteiger partial charge in [-0.3, -0.25) is 9.59 Å². The van der Waals surface area contributed by atoms with Crippen molar-refractivity contribution in [1.29, 1.82) is 0 Å². The van der Waals surface area contributed by atoms with Gasteiger partial charge in [-0.25, -0.2) is 4.79 Å². The molecule has 1 aromatic carbocycles. The largest absolute Gasteiger partial charge is 0.475 e. The smallest absolute Gasteiger partial charge is 0.371 e. The summed E-state index contributed by atoms with van der Waals surface area (Å²) in [5, 5.41) is 11.7. The van der Waals surface area contributed by atoms with Crippen molar-refractivity contribution in [2.24, 2.45) is 0 Å². The summed E-state index contributed by atoms with van der Waals surface area (Å²) in [5.41, 5.74) is 1.15. The average Bonchev–Trinajstić information content (AvgIpc) is 3.18. The quantitative estimate of drug-likeness (QED) is 0.813. The van der Waals surface area contributed by atoms with Crippen LogP contribution in [0.3, 0.4) is 0 Å². The van der Waals surface area contributed by atoms with Gasteiger partial charge in [0.25, 0.3) is 5.91 Å². The van der Waals surface area contributed by atoms with Gasteiger partial charge in [-0.2, -0.15) is 0 Å². The molecule has 1 aliphatic rings. The SMILES string of the molecule is O=C(O)c1ccc(C(=O)NC2CCN(C(=O)CCc3ccccc3)CC2)o1. The first kappa shape index (κ1) is 18.7. The number of hydrogen-bond acceptors (Lipinski definition) is 4. The van der Waals surface area contributed by atoms with Crippen molar-refractivity contribution in [3.63, 3.8) is 0 Å². The van der Waals surface area contributed by atoms with E-state index in [2.05, 4.69) is 5.32 Å². The summed E-state index contributed by atoms with van der Waals surface area (Å²) < 4.78 is 5.01. The molecule has 142 valence electrons. The van der Waals surface area contributed by atoms with E-state index in [1.54, 1.807) is 0 Å². The van der Waals surface area contributed by atoms with E-state index in [0.717, 1.165) is 12.0 Å². The van der Waals surface area contributed by atoms with Crippen molar-refractivity contribution in [1.82, 2.24) is 10.2 Å². The molecule has 2 N–H and O–H groups in total. The van der Waals surface area contributed by atoms with Gasteiger partial charge in [0, 0.05) is 25.6 Å². The second-order valence-corrected chi connectivity index (χ2v) is 6.58. The monoisotopic (exact) mass is 370 g/mol. The maximum atomic E-state index is 12.4. The Morgan fingerprint density at radius 3 is 2.33 bits per heavy atom. The molecule has 2 aromatic rings. The molecule has 27 heavy (non-hydrogen) atoms. The molecule has 0 saturated carbocycles. The fourth-order valence-corrected chi connectivity index (χ4v) is 3.16. The van der Waals surface area contributed by atoms with Crippen molar-refractivity contribution in [3.8, 4) is 0 Å². The van der Waals surface area contributed by atoms with Crippen LogP contribution in [0.15, 0.2) is 46.9 Å². The Kier molecular flexibility index (Phi) is 5.90. The highest BCUT2D eigenvalue weighted by Crippen LogP contribution is 2.15. The fourth-order valence-electron chi connectivity index (χ4n) is 3.16. The molecule has 3 rings (SSSR count). The van der Waals surface area contributed by atoms with Gasteiger partial charge in [0.1, 0.15) is 0 Å². The van der Waals surface area contributed by atoms with Crippen LogP contribution in [-0.2, 0) is 11.2 Å². The van der Waals surface area contributed by atoms with Crippen LogP contribution in [0.2, 0.25) is 0 Å². The molecule has 0 bridgehead atoms. The van der Waals surface area contributed by atoms with Crippen molar-refractivity contribution in [2.75, 3.05) is 13.1 Å². The molecule has 1 aromatic heterocycles. The Morgan fingerprint density at radius 1 is 1.04 bits per heavy atom. The number of hydrogen-bond donors (Lipinski definition) is 2. The Hall–Kier alpha value is -3.09. The predicted octanol–water partition coefficient (Wildman–Crippen LogP) is 2.33. The van der Waals surface area contributed by atoms with E-state index in [9.17, 15) is 14.4 Å². The van der Waals surface area contributed by atoms with E-state index in [-0.39, 0.29) is 23.5 Å². The summed E-state index contributed by atoms with van der Waals surface area (Å²) in [6.45, 7) is 1.19. The number of piperidine rings is 1. The molecule has 1 aliphatic heterocycles. The van der Waals surface area contributed by atoms with Crippen LogP contribution in [-0.4, -0.2) is 46.9 Å². The number of furan rings is 1. The zero-order chi connectivity index (χ0) is 19.2. The van der Waals surface area contributed by atoms with E-state index in [0.29, 0.717) is 32.4 Å². The third-order valence-corrected chi connectivity index (χ3v) is 4.69. The number of carbonyl (C=O) groups is 3. The van der Waals surface area contributed by atoms with Crippen molar-refractivity contribution in [2.45, 2.75) is 31.7 Å². The number of carboxylic acid groups (broad SMARTS) is 1. The van der Waals surface area contributed by atoms with Crippen LogP contribution in [0.5, 0.6) is 0 Å². The Balaban J connectivity index is 1.43. The van der Waals surface area contributed by atoms with Crippen molar-refractivity contribution in [3.05, 3.63) is 59.5 Å². The normalized spacial score (nSPS) is 14.7. The Bertz CT molecular complexity index is 807. The molecule has 0 spiro atoms. The number of aromatic carboxylic acids is 1. The van der Waals surface area contributed by atoms with Crippen LogP contribution in [0, 0.1) is 0 Å². The van der Waals surface area contributed by atoms with E-state index in [4.69, 9.17) is 9.52 Å². The standard InChI is InChI=1S/C20H22N2O5/c23-18(9-6-14-4-2-1-3-5-14)22-12-10-15(11-13-22)21-19(24)16-7-8-17(27-16)20(25)26/h1-5,7-8,15H,6,9-13H2,(H,21,24)(H,25,26). The number of benzene rings is 1. The number of nitrogens with zero attached hydrogens (tertiary/aromatic N) is 1. The molecular weight excluding hydrogens is 348 g/mol. The minimum absolute atomic E-state index is 0.0197. The lowest BCUT2D eigenvalue weighted by atomic mass is 10.0. The maximum absolute atomic E-state index is 12.4. The lowest BCUT2D eigenvalue weighted by Crippen LogP contribution is -2.46. The number of rotatable bonds is 6. The van der Waals surface area contributed by atoms with Crippen LogP contribution < -0.4 is 5.32 Å².